The summed E-state index contributed by atoms with van der Waals surface area (Å²) < 4.78 is 56.1. The van der Waals surface area contributed by atoms with Gasteiger partial charge in [0.05, 0.1) is 37.7 Å². The van der Waals surface area contributed by atoms with E-state index in [2.05, 4.69) is 22.0 Å². The van der Waals surface area contributed by atoms with Crippen molar-refractivity contribution in [1.29, 1.82) is 0 Å². The number of benzene rings is 1. The number of piperidine rings is 1. The average Bonchev–Trinajstić information content (AvgIpc) is 3.80. The second-order valence-electron chi connectivity index (χ2n) is 12.0. The minimum absolute atomic E-state index is 0.0347. The zero-order valence-electron chi connectivity index (χ0n) is 25.7. The number of sulfone groups is 1. The number of hydrogen-bond donors (Lipinski definition) is 2. The van der Waals surface area contributed by atoms with Gasteiger partial charge in [0.1, 0.15) is 0 Å². The maximum absolute atomic E-state index is 13.9. The number of halogens is 2. The van der Waals surface area contributed by atoms with Gasteiger partial charge < -0.3 is 0 Å². The highest BCUT2D eigenvalue weighted by Crippen LogP contribution is 2.37. The SMILES string of the molecule is O=C(NN1CCCCC1)c1nn(-c2ccc(Cl)cc2Cl)c(-c2ccc(C#CC3CCCC3)s2)c1CNS(=O)(=O)N1CCS(=O)(=O)CC1. The molecule has 3 aromatic rings. The van der Waals surface area contributed by atoms with E-state index in [9.17, 15) is 21.6 Å². The van der Waals surface area contributed by atoms with Gasteiger partial charge >= 0.3 is 0 Å². The van der Waals surface area contributed by atoms with Crippen molar-refractivity contribution in [2.24, 2.45) is 5.92 Å². The Labute approximate surface area is 289 Å². The standard InChI is InChI=1S/C31H36Cl2N6O5S3/c32-23-9-12-27(26(33)20-23)39-30(28-13-11-24(45-28)10-8-22-6-2-3-7-22)25(29(35-39)31(40)36-37-14-4-1-5-15-37)21-34-47(43,44)38-16-18-46(41,42)19-17-38/h9,11-13,20,22,34H,1-7,14-19,21H2,(H,36,40). The number of hydrazine groups is 1. The van der Waals surface area contributed by atoms with E-state index in [1.807, 2.05) is 17.1 Å². The maximum atomic E-state index is 13.9. The molecule has 0 atom stereocenters. The van der Waals surface area contributed by atoms with Crippen LogP contribution in [0.4, 0.5) is 0 Å². The molecule has 252 valence electrons. The molecule has 4 heterocycles. The van der Waals surface area contributed by atoms with Gasteiger partial charge in [0.25, 0.3) is 16.1 Å². The summed E-state index contributed by atoms with van der Waals surface area (Å²) in [6.07, 6.45) is 7.52. The van der Waals surface area contributed by atoms with Crippen LogP contribution in [0.3, 0.4) is 0 Å². The van der Waals surface area contributed by atoms with Crippen molar-refractivity contribution >= 4 is 60.5 Å². The summed E-state index contributed by atoms with van der Waals surface area (Å²) in [5.74, 6) is 6.08. The van der Waals surface area contributed by atoms with E-state index in [-0.39, 0.29) is 36.8 Å². The van der Waals surface area contributed by atoms with Crippen LogP contribution in [-0.2, 0) is 26.6 Å². The molecule has 11 nitrogen and oxygen atoms in total. The first kappa shape index (κ1) is 34.4. The lowest BCUT2D eigenvalue weighted by molar-refractivity contribution is 0.0743. The van der Waals surface area contributed by atoms with Gasteiger partial charge in [0.15, 0.2) is 15.5 Å². The van der Waals surface area contributed by atoms with Gasteiger partial charge in [-0.3, -0.25) is 10.2 Å². The van der Waals surface area contributed by atoms with E-state index < -0.39 is 26.0 Å². The smallest absolute Gasteiger partial charge is 0.283 e. The first-order valence-corrected chi connectivity index (χ1v) is 20.5. The molecule has 0 radical (unpaired) electrons. The molecule has 0 spiro atoms. The van der Waals surface area contributed by atoms with Crippen molar-refractivity contribution in [2.75, 3.05) is 37.7 Å². The zero-order chi connectivity index (χ0) is 33.2. The number of nitrogens with one attached hydrogen (secondary N) is 2. The fraction of sp³-hybridized carbons (Fsp3) is 0.484. The van der Waals surface area contributed by atoms with Gasteiger partial charge in [-0.25, -0.2) is 18.1 Å². The lowest BCUT2D eigenvalue weighted by Gasteiger charge is -2.27. The molecule has 1 amide bonds. The molecule has 1 aliphatic carbocycles. The lowest BCUT2D eigenvalue weighted by Crippen LogP contribution is -2.48. The second kappa shape index (κ2) is 14.6. The molecule has 3 fully saturated rings. The number of rotatable bonds is 8. The Kier molecular flexibility index (Phi) is 10.6. The van der Waals surface area contributed by atoms with Crippen LogP contribution in [0, 0.1) is 17.8 Å². The number of carbonyl (C=O) groups is 1. The monoisotopic (exact) mass is 738 g/mol. The quantitative estimate of drug-likeness (QED) is 0.322. The Morgan fingerprint density at radius 2 is 1.72 bits per heavy atom. The number of thiophene rings is 1. The fourth-order valence-corrected chi connectivity index (χ4v) is 10.1. The Hall–Kier alpha value is -2.48. The number of amides is 1. The minimum Gasteiger partial charge on any atom is -0.283 e. The summed E-state index contributed by atoms with van der Waals surface area (Å²) in [6.45, 7) is 0.795. The Morgan fingerprint density at radius 1 is 1.00 bits per heavy atom. The minimum atomic E-state index is -4.11. The van der Waals surface area contributed by atoms with Gasteiger partial charge in [0.2, 0.25) is 0 Å². The molecule has 0 bridgehead atoms. The third kappa shape index (κ3) is 8.22. The van der Waals surface area contributed by atoms with Crippen LogP contribution in [0.15, 0.2) is 30.3 Å². The van der Waals surface area contributed by atoms with Crippen LogP contribution in [0.5, 0.6) is 0 Å². The van der Waals surface area contributed by atoms with E-state index in [0.29, 0.717) is 46.0 Å². The Bertz CT molecular complexity index is 1910. The zero-order valence-corrected chi connectivity index (χ0v) is 29.6. The van der Waals surface area contributed by atoms with Crippen LogP contribution >= 0.6 is 34.5 Å². The summed E-state index contributed by atoms with van der Waals surface area (Å²) >= 11 is 14.3. The van der Waals surface area contributed by atoms with Crippen LogP contribution in [0.25, 0.3) is 16.3 Å². The van der Waals surface area contributed by atoms with E-state index >= 15 is 0 Å². The normalized spacial score (nSPS) is 19.4. The van der Waals surface area contributed by atoms with Gasteiger partial charge in [0, 0.05) is 49.2 Å². The van der Waals surface area contributed by atoms with Crippen molar-refractivity contribution in [3.63, 3.8) is 0 Å². The summed E-state index contributed by atoms with van der Waals surface area (Å²) in [6, 6.07) is 8.75. The van der Waals surface area contributed by atoms with Crippen LogP contribution in [0.2, 0.25) is 10.0 Å². The lowest BCUT2D eigenvalue weighted by atomic mass is 10.1. The summed E-state index contributed by atoms with van der Waals surface area (Å²) in [4.78, 5) is 15.4. The van der Waals surface area contributed by atoms with Gasteiger partial charge in [-0.15, -0.1) is 11.3 Å². The highest BCUT2D eigenvalue weighted by atomic mass is 35.5. The van der Waals surface area contributed by atoms with Crippen molar-refractivity contribution in [2.45, 2.75) is 51.5 Å². The molecule has 2 saturated heterocycles. The van der Waals surface area contributed by atoms with Crippen molar-refractivity contribution in [3.05, 3.63) is 56.5 Å². The third-order valence-electron chi connectivity index (χ3n) is 8.62. The molecular formula is C31H36Cl2N6O5S3. The van der Waals surface area contributed by atoms with Crippen molar-refractivity contribution < 1.29 is 21.6 Å². The summed E-state index contributed by atoms with van der Waals surface area (Å²) in [7, 11) is -7.40. The van der Waals surface area contributed by atoms with Crippen LogP contribution in [0.1, 0.15) is 65.9 Å². The Morgan fingerprint density at radius 3 is 2.43 bits per heavy atom. The molecule has 0 unspecified atom stereocenters. The highest BCUT2D eigenvalue weighted by molar-refractivity contribution is 7.91. The summed E-state index contributed by atoms with van der Waals surface area (Å²) in [5.41, 5.74) is 4.28. The predicted octanol–water partition coefficient (Wildman–Crippen LogP) is 4.64. The van der Waals surface area contributed by atoms with Crippen LogP contribution in [-0.4, -0.2) is 79.5 Å². The van der Waals surface area contributed by atoms with Gasteiger partial charge in [-0.2, -0.15) is 22.5 Å². The number of aromatic nitrogens is 2. The van der Waals surface area contributed by atoms with Crippen LogP contribution < -0.4 is 10.1 Å². The van der Waals surface area contributed by atoms with E-state index in [1.165, 1.54) is 24.2 Å². The van der Waals surface area contributed by atoms with E-state index in [4.69, 9.17) is 28.3 Å². The van der Waals surface area contributed by atoms with E-state index in [1.54, 1.807) is 22.9 Å². The molecule has 2 aliphatic heterocycles. The average molecular weight is 740 g/mol. The molecule has 2 N–H and O–H groups in total. The molecule has 16 heteroatoms. The molecule has 1 aromatic carbocycles. The first-order valence-electron chi connectivity index (χ1n) is 15.7. The molecular weight excluding hydrogens is 703 g/mol. The number of carbonyl (C=O) groups excluding carboxylic acids is 1. The molecule has 6 rings (SSSR count). The predicted molar refractivity (Wildman–Crippen MR) is 185 cm³/mol. The largest absolute Gasteiger partial charge is 0.286 e. The van der Waals surface area contributed by atoms with Gasteiger partial charge in [-0.1, -0.05) is 54.3 Å². The summed E-state index contributed by atoms with van der Waals surface area (Å²) in [5, 5.41) is 7.33. The first-order chi connectivity index (χ1) is 22.5. The van der Waals surface area contributed by atoms with Crippen molar-refractivity contribution in [3.8, 4) is 28.1 Å². The third-order valence-corrected chi connectivity index (χ3v) is 13.3. The van der Waals surface area contributed by atoms with Crippen molar-refractivity contribution in [1.82, 2.24) is 29.2 Å². The maximum Gasteiger partial charge on any atom is 0.286 e. The fourth-order valence-electron chi connectivity index (χ4n) is 6.05. The molecule has 47 heavy (non-hydrogen) atoms. The topological polar surface area (TPSA) is 134 Å². The number of hydrogen-bond acceptors (Lipinski definition) is 8. The number of nitrogens with zero attached hydrogens (tertiary/aromatic N) is 4. The van der Waals surface area contributed by atoms with Gasteiger partial charge in [-0.05, 0) is 56.0 Å². The second-order valence-corrected chi connectivity index (χ2v) is 17.9. The molecule has 1 saturated carbocycles. The van der Waals surface area contributed by atoms with E-state index in [0.717, 1.165) is 46.2 Å². The Balaban J connectivity index is 1.43. The molecule has 3 aliphatic rings. The highest BCUT2D eigenvalue weighted by Gasteiger charge is 2.33. The molecule has 2 aromatic heterocycles.